The van der Waals surface area contributed by atoms with Crippen molar-refractivity contribution in [2.24, 2.45) is 5.92 Å². The Bertz CT molecular complexity index is 471. The first kappa shape index (κ1) is 16.2. The number of carboxylic acids is 1. The predicted molar refractivity (Wildman–Crippen MR) is 75.1 cm³/mol. The summed E-state index contributed by atoms with van der Waals surface area (Å²) in [5, 5.41) is 8.45. The molecule has 0 aliphatic rings. The number of hydrogen-bond donors (Lipinski definition) is 2. The molecule has 0 radical (unpaired) electrons. The van der Waals surface area contributed by atoms with E-state index in [2.05, 4.69) is 24.2 Å². The Morgan fingerprint density at radius 2 is 1.90 bits per heavy atom. The molecule has 1 amide bonds. The summed E-state index contributed by atoms with van der Waals surface area (Å²) >= 11 is 0. The van der Waals surface area contributed by atoms with E-state index in [0.29, 0.717) is 5.92 Å². The quantitative estimate of drug-likeness (QED) is 0.750. The van der Waals surface area contributed by atoms with Crippen LogP contribution in [-0.4, -0.2) is 23.6 Å². The Balaban J connectivity index is 2.73. The highest BCUT2D eigenvalue weighted by atomic mass is 16.7. The minimum atomic E-state index is -1.13. The molecule has 0 aromatic heterocycles. The van der Waals surface area contributed by atoms with Gasteiger partial charge in [-0.15, -0.1) is 0 Å². The maximum atomic E-state index is 11.9. The van der Waals surface area contributed by atoms with Crippen molar-refractivity contribution in [3.8, 4) is 0 Å². The van der Waals surface area contributed by atoms with Crippen LogP contribution in [0.25, 0.3) is 0 Å². The first-order valence-corrected chi connectivity index (χ1v) is 6.63. The van der Waals surface area contributed by atoms with Crippen molar-refractivity contribution in [1.82, 2.24) is 5.48 Å². The molecule has 1 aromatic rings. The van der Waals surface area contributed by atoms with E-state index in [1.807, 2.05) is 24.3 Å². The first-order valence-electron chi connectivity index (χ1n) is 6.63. The number of nitrogens with one attached hydrogen (secondary N) is 1. The van der Waals surface area contributed by atoms with Crippen molar-refractivity contribution in [3.63, 3.8) is 0 Å². The number of carbonyl (C=O) groups is 2. The molecule has 0 aliphatic heterocycles. The molecule has 5 heteroatoms. The Labute approximate surface area is 118 Å². The summed E-state index contributed by atoms with van der Waals surface area (Å²) in [7, 11) is 0. The summed E-state index contributed by atoms with van der Waals surface area (Å²) in [5.41, 5.74) is 4.24. The van der Waals surface area contributed by atoms with Gasteiger partial charge in [0.25, 0.3) is 5.91 Å². The molecule has 20 heavy (non-hydrogen) atoms. The van der Waals surface area contributed by atoms with E-state index in [-0.39, 0.29) is 5.91 Å². The van der Waals surface area contributed by atoms with Crippen molar-refractivity contribution in [3.05, 3.63) is 35.4 Å². The van der Waals surface area contributed by atoms with Crippen LogP contribution in [0.5, 0.6) is 0 Å². The van der Waals surface area contributed by atoms with Crippen LogP contribution < -0.4 is 5.48 Å². The van der Waals surface area contributed by atoms with Gasteiger partial charge in [0.15, 0.2) is 6.61 Å². The highest BCUT2D eigenvalue weighted by Gasteiger charge is 2.18. The van der Waals surface area contributed by atoms with E-state index in [0.717, 1.165) is 17.5 Å². The van der Waals surface area contributed by atoms with Gasteiger partial charge in [-0.3, -0.25) is 9.63 Å². The monoisotopic (exact) mass is 279 g/mol. The number of carbonyl (C=O) groups excluding carboxylic acids is 1. The molecule has 0 unspecified atom stereocenters. The van der Waals surface area contributed by atoms with Crippen LogP contribution in [-0.2, 0) is 20.8 Å². The maximum absolute atomic E-state index is 11.9. The zero-order chi connectivity index (χ0) is 15.1. The van der Waals surface area contributed by atoms with Gasteiger partial charge in [0.2, 0.25) is 0 Å². The number of aliphatic carboxylic acids is 1. The summed E-state index contributed by atoms with van der Waals surface area (Å²) in [4.78, 5) is 26.9. The number of hydroxylamine groups is 1. The molecule has 5 nitrogen and oxygen atoms in total. The van der Waals surface area contributed by atoms with Crippen LogP contribution in [0.1, 0.15) is 37.8 Å². The standard InChI is InChI=1S/C15H21NO4/c1-10(2)8-12-6-4-5-7-13(12)11(3)15(19)16-20-9-14(17)18/h4-7,10-11H,8-9H2,1-3H3,(H,16,19)(H,17,18)/t11-/m1/s1. The molecule has 1 aromatic carbocycles. The normalized spacial score (nSPS) is 12.2. The average Bonchev–Trinajstić information content (AvgIpc) is 2.37. The van der Waals surface area contributed by atoms with E-state index >= 15 is 0 Å². The summed E-state index contributed by atoms with van der Waals surface area (Å²) in [5.74, 6) is -1.37. The number of amides is 1. The maximum Gasteiger partial charge on any atom is 0.332 e. The lowest BCUT2D eigenvalue weighted by atomic mass is 9.90. The van der Waals surface area contributed by atoms with Crippen LogP contribution in [0.2, 0.25) is 0 Å². The van der Waals surface area contributed by atoms with Crippen molar-refractivity contribution in [2.45, 2.75) is 33.1 Å². The number of carboxylic acid groups (broad SMARTS) is 1. The van der Waals surface area contributed by atoms with Crippen molar-refractivity contribution in [2.75, 3.05) is 6.61 Å². The first-order chi connectivity index (χ1) is 9.41. The Morgan fingerprint density at radius 1 is 1.25 bits per heavy atom. The SMILES string of the molecule is CC(C)Cc1ccccc1[C@@H](C)C(=O)NOCC(=O)O. The summed E-state index contributed by atoms with van der Waals surface area (Å²) in [6, 6.07) is 7.77. The van der Waals surface area contributed by atoms with E-state index in [1.165, 1.54) is 0 Å². The molecule has 110 valence electrons. The Hall–Kier alpha value is -1.88. The van der Waals surface area contributed by atoms with E-state index in [4.69, 9.17) is 5.11 Å². The Kier molecular flexibility index (Phi) is 6.18. The molecule has 0 aliphatic carbocycles. The van der Waals surface area contributed by atoms with Gasteiger partial charge in [0, 0.05) is 0 Å². The van der Waals surface area contributed by atoms with Crippen LogP contribution in [0, 0.1) is 5.92 Å². The zero-order valence-corrected chi connectivity index (χ0v) is 12.1. The van der Waals surface area contributed by atoms with Gasteiger partial charge in [-0.2, -0.15) is 0 Å². The number of hydrogen-bond acceptors (Lipinski definition) is 3. The molecule has 1 rings (SSSR count). The largest absolute Gasteiger partial charge is 0.479 e. The lowest BCUT2D eigenvalue weighted by Crippen LogP contribution is -2.30. The predicted octanol–water partition coefficient (Wildman–Crippen LogP) is 2.12. The molecular formula is C15H21NO4. The molecular weight excluding hydrogens is 258 g/mol. The average molecular weight is 279 g/mol. The molecule has 0 spiro atoms. The van der Waals surface area contributed by atoms with Gasteiger partial charge >= 0.3 is 5.97 Å². The van der Waals surface area contributed by atoms with Crippen molar-refractivity contribution in [1.29, 1.82) is 0 Å². The van der Waals surface area contributed by atoms with Crippen molar-refractivity contribution < 1.29 is 19.5 Å². The van der Waals surface area contributed by atoms with Gasteiger partial charge in [-0.1, -0.05) is 38.1 Å². The highest BCUT2D eigenvalue weighted by Crippen LogP contribution is 2.22. The number of benzene rings is 1. The zero-order valence-electron chi connectivity index (χ0n) is 12.1. The van der Waals surface area contributed by atoms with Gasteiger partial charge in [0.1, 0.15) is 0 Å². The second-order valence-corrected chi connectivity index (χ2v) is 5.17. The third-order valence-corrected chi connectivity index (χ3v) is 2.91. The minimum Gasteiger partial charge on any atom is -0.479 e. The smallest absolute Gasteiger partial charge is 0.332 e. The summed E-state index contributed by atoms with van der Waals surface area (Å²) < 4.78 is 0. The highest BCUT2D eigenvalue weighted by molar-refractivity contribution is 5.82. The molecule has 0 bridgehead atoms. The van der Waals surface area contributed by atoms with Gasteiger partial charge in [0.05, 0.1) is 5.92 Å². The van der Waals surface area contributed by atoms with Crippen LogP contribution in [0.15, 0.2) is 24.3 Å². The van der Waals surface area contributed by atoms with Gasteiger partial charge in [-0.05, 0) is 30.4 Å². The fourth-order valence-electron chi connectivity index (χ4n) is 1.98. The third kappa shape index (κ3) is 5.01. The van der Waals surface area contributed by atoms with Crippen LogP contribution >= 0.6 is 0 Å². The molecule has 0 heterocycles. The minimum absolute atomic E-state index is 0.345. The fraction of sp³-hybridized carbons (Fsp3) is 0.467. The number of rotatable bonds is 7. The molecule has 1 atom stereocenters. The lowest BCUT2D eigenvalue weighted by molar-refractivity contribution is -0.149. The summed E-state index contributed by atoms with van der Waals surface area (Å²) in [6.07, 6.45) is 0.893. The summed E-state index contributed by atoms with van der Waals surface area (Å²) in [6.45, 7) is 5.47. The molecule has 2 N–H and O–H groups in total. The topological polar surface area (TPSA) is 75.6 Å². The molecule has 0 saturated carbocycles. The van der Waals surface area contributed by atoms with Crippen LogP contribution in [0.3, 0.4) is 0 Å². The van der Waals surface area contributed by atoms with Crippen molar-refractivity contribution >= 4 is 11.9 Å². The Morgan fingerprint density at radius 3 is 2.50 bits per heavy atom. The molecule has 0 saturated heterocycles. The molecule has 0 fully saturated rings. The second-order valence-electron chi connectivity index (χ2n) is 5.17. The fourth-order valence-corrected chi connectivity index (χ4v) is 1.98. The van der Waals surface area contributed by atoms with E-state index in [1.54, 1.807) is 6.92 Å². The van der Waals surface area contributed by atoms with E-state index in [9.17, 15) is 9.59 Å². The van der Waals surface area contributed by atoms with E-state index < -0.39 is 18.5 Å². The van der Waals surface area contributed by atoms with Gasteiger partial charge in [-0.25, -0.2) is 10.3 Å². The lowest BCUT2D eigenvalue weighted by Gasteiger charge is -2.17. The van der Waals surface area contributed by atoms with Crippen LogP contribution in [0.4, 0.5) is 0 Å². The van der Waals surface area contributed by atoms with Gasteiger partial charge < -0.3 is 5.11 Å². The second kappa shape index (κ2) is 7.65. The third-order valence-electron chi connectivity index (χ3n) is 2.91.